The molecule has 0 bridgehead atoms. The van der Waals surface area contributed by atoms with E-state index in [0.717, 1.165) is 29.3 Å². The van der Waals surface area contributed by atoms with Gasteiger partial charge in [-0.15, -0.1) is 0 Å². The van der Waals surface area contributed by atoms with Gasteiger partial charge < -0.3 is 10.6 Å². The van der Waals surface area contributed by atoms with Gasteiger partial charge in [0, 0.05) is 31.4 Å². The van der Waals surface area contributed by atoms with Gasteiger partial charge in [0.25, 0.3) is 5.91 Å². The molecule has 158 valence electrons. The number of piperidine rings is 1. The number of nitrogens with zero attached hydrogens (tertiary/aromatic N) is 3. The highest BCUT2D eigenvalue weighted by Crippen LogP contribution is 2.38. The summed E-state index contributed by atoms with van der Waals surface area (Å²) >= 11 is 1.81. The zero-order chi connectivity index (χ0) is 21.0. The first-order chi connectivity index (χ1) is 13.9. The zero-order valence-corrected chi connectivity index (χ0v) is 18.0. The first-order valence-corrected chi connectivity index (χ1v) is 11.5. The number of carbonyl (C=O) groups excluding carboxylic acids is 3. The molecule has 0 saturated carbocycles. The molecule has 0 aromatic heterocycles. The van der Waals surface area contributed by atoms with E-state index in [1.165, 1.54) is 0 Å². The van der Waals surface area contributed by atoms with Crippen molar-refractivity contribution in [1.29, 1.82) is 0 Å². The third kappa shape index (κ3) is 4.43. The van der Waals surface area contributed by atoms with Crippen LogP contribution in [-0.2, 0) is 16.0 Å². The number of amides is 4. The molecule has 8 heteroatoms. The molecule has 0 aliphatic carbocycles. The number of hydrogen-bond acceptors (Lipinski definition) is 5. The molecule has 2 heterocycles. The van der Waals surface area contributed by atoms with Gasteiger partial charge in [0.15, 0.2) is 0 Å². The molecule has 1 aromatic rings. The first-order valence-electron chi connectivity index (χ1n) is 10.1. The van der Waals surface area contributed by atoms with E-state index >= 15 is 0 Å². The molecular formula is C21H30N4O3S. The van der Waals surface area contributed by atoms with Crippen molar-refractivity contribution in [3.05, 3.63) is 35.9 Å². The Balaban J connectivity index is 1.80. The Bertz CT molecular complexity index is 750. The van der Waals surface area contributed by atoms with Crippen LogP contribution in [0.15, 0.2) is 30.3 Å². The van der Waals surface area contributed by atoms with Crippen molar-refractivity contribution >= 4 is 29.6 Å². The van der Waals surface area contributed by atoms with Crippen molar-refractivity contribution in [2.45, 2.75) is 37.8 Å². The second-order valence-corrected chi connectivity index (χ2v) is 8.81. The summed E-state index contributed by atoms with van der Waals surface area (Å²) in [6.45, 7) is 3.81. The fourth-order valence-corrected chi connectivity index (χ4v) is 5.13. The summed E-state index contributed by atoms with van der Waals surface area (Å²) < 4.78 is 0. The molecule has 1 spiro atoms. The van der Waals surface area contributed by atoms with Crippen LogP contribution in [0.1, 0.15) is 25.3 Å². The number of nitrogens with two attached hydrogens (primary N) is 1. The maximum Gasteiger partial charge on any atom is 0.328 e. The van der Waals surface area contributed by atoms with E-state index in [1.54, 1.807) is 4.90 Å². The van der Waals surface area contributed by atoms with Gasteiger partial charge in [-0.05, 0) is 38.0 Å². The second kappa shape index (κ2) is 9.17. The Morgan fingerprint density at radius 1 is 1.21 bits per heavy atom. The second-order valence-electron chi connectivity index (χ2n) is 7.90. The van der Waals surface area contributed by atoms with Crippen molar-refractivity contribution in [3.63, 3.8) is 0 Å². The molecule has 3 rings (SSSR count). The summed E-state index contributed by atoms with van der Waals surface area (Å²) in [6.07, 6.45) is 3.92. The number of hydrogen-bond donors (Lipinski definition) is 1. The molecule has 2 fully saturated rings. The van der Waals surface area contributed by atoms with Gasteiger partial charge in [0.2, 0.25) is 5.91 Å². The molecular weight excluding hydrogens is 388 g/mol. The lowest BCUT2D eigenvalue weighted by atomic mass is 9.85. The Morgan fingerprint density at radius 3 is 2.45 bits per heavy atom. The van der Waals surface area contributed by atoms with Gasteiger partial charge >= 0.3 is 6.03 Å². The molecule has 2 saturated heterocycles. The highest BCUT2D eigenvalue weighted by atomic mass is 32.2. The molecule has 2 N–H and O–H groups in total. The number of carbonyl (C=O) groups is 3. The lowest BCUT2D eigenvalue weighted by molar-refractivity contribution is -0.138. The number of primary amides is 1. The smallest absolute Gasteiger partial charge is 0.328 e. The van der Waals surface area contributed by atoms with E-state index < -0.39 is 17.5 Å². The van der Waals surface area contributed by atoms with Gasteiger partial charge in [0.1, 0.15) is 12.1 Å². The van der Waals surface area contributed by atoms with Crippen molar-refractivity contribution in [2.24, 2.45) is 5.73 Å². The quantitative estimate of drug-likeness (QED) is 0.648. The van der Waals surface area contributed by atoms with Crippen LogP contribution in [0.5, 0.6) is 0 Å². The third-order valence-corrected chi connectivity index (χ3v) is 6.87. The summed E-state index contributed by atoms with van der Waals surface area (Å²) in [6, 6.07) is 9.95. The number of likely N-dealkylation sites (tertiary alicyclic amines) is 1. The van der Waals surface area contributed by atoms with Crippen LogP contribution >= 0.6 is 11.8 Å². The van der Waals surface area contributed by atoms with E-state index in [1.807, 2.05) is 42.1 Å². The average molecular weight is 419 g/mol. The lowest BCUT2D eigenvalue weighted by Gasteiger charge is -2.44. The van der Waals surface area contributed by atoms with E-state index in [2.05, 4.69) is 18.1 Å². The first kappa shape index (κ1) is 21.6. The maximum atomic E-state index is 13.3. The minimum absolute atomic E-state index is 0.272. The molecule has 0 radical (unpaired) electrons. The van der Waals surface area contributed by atoms with Crippen LogP contribution in [0, 0.1) is 0 Å². The minimum Gasteiger partial charge on any atom is -0.368 e. The van der Waals surface area contributed by atoms with E-state index in [4.69, 9.17) is 5.73 Å². The Labute approximate surface area is 176 Å². The molecule has 29 heavy (non-hydrogen) atoms. The summed E-state index contributed by atoms with van der Waals surface area (Å²) in [5.74, 6) is 0.0927. The highest BCUT2D eigenvalue weighted by molar-refractivity contribution is 7.98. The molecule has 1 atom stereocenters. The lowest BCUT2D eigenvalue weighted by Crippen LogP contribution is -2.58. The fourth-order valence-electron chi connectivity index (χ4n) is 4.44. The summed E-state index contributed by atoms with van der Waals surface area (Å²) in [5, 5.41) is 0. The van der Waals surface area contributed by atoms with Crippen molar-refractivity contribution < 1.29 is 14.4 Å². The normalized spacial score (nSPS) is 20.5. The SMILES string of the molecule is CSCC(C)N1CCC2(CC1)C(=O)N(CC(N)=O)C(=O)N2CCc1ccccc1. The number of imide groups is 1. The number of thioether (sulfide) groups is 1. The van der Waals surface area contributed by atoms with Crippen LogP contribution in [0.3, 0.4) is 0 Å². The largest absolute Gasteiger partial charge is 0.368 e. The van der Waals surface area contributed by atoms with Crippen molar-refractivity contribution in [3.8, 4) is 0 Å². The van der Waals surface area contributed by atoms with E-state index in [0.29, 0.717) is 31.8 Å². The van der Waals surface area contributed by atoms with Crippen LogP contribution in [0.4, 0.5) is 4.79 Å². The molecule has 2 aliphatic heterocycles. The Kier molecular flexibility index (Phi) is 6.85. The van der Waals surface area contributed by atoms with Gasteiger partial charge in [-0.2, -0.15) is 11.8 Å². The summed E-state index contributed by atoms with van der Waals surface area (Å²) in [4.78, 5) is 42.9. The molecule has 7 nitrogen and oxygen atoms in total. The van der Waals surface area contributed by atoms with Gasteiger partial charge in [-0.25, -0.2) is 4.79 Å². The number of urea groups is 1. The average Bonchev–Trinajstić information content (AvgIpc) is 2.89. The van der Waals surface area contributed by atoms with E-state index in [9.17, 15) is 14.4 Å². The molecule has 1 unspecified atom stereocenters. The maximum absolute atomic E-state index is 13.3. The van der Waals surface area contributed by atoms with Crippen molar-refractivity contribution in [2.75, 3.05) is 38.2 Å². The van der Waals surface area contributed by atoms with Gasteiger partial charge in [0.05, 0.1) is 0 Å². The highest BCUT2D eigenvalue weighted by Gasteiger charge is 2.58. The predicted molar refractivity (Wildman–Crippen MR) is 115 cm³/mol. The Hall–Kier alpha value is -2.06. The fraction of sp³-hybridized carbons (Fsp3) is 0.571. The minimum atomic E-state index is -0.864. The van der Waals surface area contributed by atoms with Gasteiger partial charge in [-0.3, -0.25) is 19.4 Å². The van der Waals surface area contributed by atoms with Crippen LogP contribution in [0.2, 0.25) is 0 Å². The van der Waals surface area contributed by atoms with Crippen LogP contribution in [-0.4, -0.2) is 82.3 Å². The Morgan fingerprint density at radius 2 is 1.86 bits per heavy atom. The van der Waals surface area contributed by atoms with Crippen molar-refractivity contribution in [1.82, 2.24) is 14.7 Å². The molecule has 1 aromatic carbocycles. The van der Waals surface area contributed by atoms with E-state index in [-0.39, 0.29) is 12.5 Å². The van der Waals surface area contributed by atoms with Crippen LogP contribution in [0.25, 0.3) is 0 Å². The topological polar surface area (TPSA) is 87.0 Å². The molecule has 2 aliphatic rings. The molecule has 4 amide bonds. The number of benzene rings is 1. The van der Waals surface area contributed by atoms with Crippen LogP contribution < -0.4 is 5.73 Å². The monoisotopic (exact) mass is 418 g/mol. The summed E-state index contributed by atoms with van der Waals surface area (Å²) in [5.41, 5.74) is 5.56. The van der Waals surface area contributed by atoms with Gasteiger partial charge in [-0.1, -0.05) is 30.3 Å². The summed E-state index contributed by atoms with van der Waals surface area (Å²) in [7, 11) is 0. The predicted octanol–water partition coefficient (Wildman–Crippen LogP) is 1.56. The number of rotatable bonds is 8. The zero-order valence-electron chi connectivity index (χ0n) is 17.2. The standard InChI is InChI=1S/C21H30N4O3S/c1-16(15-29-2)23-12-9-21(10-13-23)19(27)24(14-18(22)26)20(28)25(21)11-8-17-6-4-3-5-7-17/h3-7,16H,8-15H2,1-2H3,(H2,22,26). The third-order valence-electron chi connectivity index (χ3n) is 6.06.